The number of carbonyl (C=O) groups is 1. The van der Waals surface area contributed by atoms with Crippen LogP contribution in [0.25, 0.3) is 6.08 Å². The molecular formula is C31H30N2O. The second-order valence-electron chi connectivity index (χ2n) is 8.29. The first-order valence-corrected chi connectivity index (χ1v) is 11.6. The fourth-order valence-corrected chi connectivity index (χ4v) is 3.92. The average molecular weight is 447 g/mol. The van der Waals surface area contributed by atoms with E-state index in [0.29, 0.717) is 19.6 Å². The molecule has 4 aromatic rings. The van der Waals surface area contributed by atoms with Gasteiger partial charge in [-0.25, -0.2) is 0 Å². The van der Waals surface area contributed by atoms with Gasteiger partial charge in [0.25, 0.3) is 0 Å². The average Bonchev–Trinajstić information content (AvgIpc) is 2.90. The number of hydrogen-bond acceptors (Lipinski definition) is 2. The highest BCUT2D eigenvalue weighted by Crippen LogP contribution is 2.16. The van der Waals surface area contributed by atoms with Crippen LogP contribution < -0.4 is 5.32 Å². The Bertz CT molecular complexity index is 1120. The first-order valence-electron chi connectivity index (χ1n) is 11.6. The van der Waals surface area contributed by atoms with Crippen molar-refractivity contribution in [3.05, 3.63) is 150 Å². The van der Waals surface area contributed by atoms with Crippen molar-refractivity contribution in [2.24, 2.45) is 0 Å². The Hall–Kier alpha value is -3.95. The summed E-state index contributed by atoms with van der Waals surface area (Å²) in [6.07, 6.45) is 4.05. The van der Waals surface area contributed by atoms with Gasteiger partial charge in [-0.1, -0.05) is 133 Å². The lowest BCUT2D eigenvalue weighted by Gasteiger charge is -2.29. The van der Waals surface area contributed by atoms with E-state index in [2.05, 4.69) is 34.5 Å². The van der Waals surface area contributed by atoms with E-state index in [1.165, 1.54) is 11.1 Å². The molecular weight excluding hydrogens is 416 g/mol. The Labute approximate surface area is 202 Å². The molecule has 4 aromatic carbocycles. The summed E-state index contributed by atoms with van der Waals surface area (Å²) in [4.78, 5) is 15.8. The van der Waals surface area contributed by atoms with Gasteiger partial charge in [-0.3, -0.25) is 9.69 Å². The third-order valence-electron chi connectivity index (χ3n) is 5.70. The van der Waals surface area contributed by atoms with E-state index in [9.17, 15) is 4.79 Å². The maximum atomic E-state index is 13.6. The Kier molecular flexibility index (Phi) is 8.42. The molecule has 1 amide bonds. The molecule has 0 saturated carbocycles. The first kappa shape index (κ1) is 23.2. The molecule has 3 nitrogen and oxygen atoms in total. The maximum Gasteiger partial charge on any atom is 0.241 e. The van der Waals surface area contributed by atoms with Crippen LogP contribution in [0.15, 0.2) is 127 Å². The normalized spacial score (nSPS) is 12.0. The van der Waals surface area contributed by atoms with Gasteiger partial charge in [-0.15, -0.1) is 0 Å². The highest BCUT2D eigenvalue weighted by molar-refractivity contribution is 5.84. The smallest absolute Gasteiger partial charge is 0.241 e. The highest BCUT2D eigenvalue weighted by Gasteiger charge is 2.24. The summed E-state index contributed by atoms with van der Waals surface area (Å²) in [5, 5.41) is 3.16. The second-order valence-corrected chi connectivity index (χ2v) is 8.29. The molecule has 34 heavy (non-hydrogen) atoms. The Morgan fingerprint density at radius 2 is 1.09 bits per heavy atom. The Morgan fingerprint density at radius 3 is 1.59 bits per heavy atom. The summed E-state index contributed by atoms with van der Waals surface area (Å²) < 4.78 is 0. The molecule has 0 bridgehead atoms. The molecule has 0 saturated heterocycles. The van der Waals surface area contributed by atoms with Gasteiger partial charge in [0.05, 0.1) is 0 Å². The number of nitrogens with one attached hydrogen (secondary N) is 1. The summed E-state index contributed by atoms with van der Waals surface area (Å²) in [7, 11) is 0. The zero-order valence-corrected chi connectivity index (χ0v) is 19.3. The lowest BCUT2D eigenvalue weighted by atomic mass is 10.1. The van der Waals surface area contributed by atoms with Gasteiger partial charge in [0, 0.05) is 19.6 Å². The van der Waals surface area contributed by atoms with E-state index in [-0.39, 0.29) is 5.91 Å². The molecule has 3 heteroatoms. The van der Waals surface area contributed by atoms with Crippen LogP contribution in [0.3, 0.4) is 0 Å². The predicted octanol–water partition coefficient (Wildman–Crippen LogP) is 6.09. The summed E-state index contributed by atoms with van der Waals surface area (Å²) in [6, 6.07) is 40.4. The van der Waals surface area contributed by atoms with Gasteiger partial charge in [0.1, 0.15) is 6.04 Å². The van der Waals surface area contributed by atoms with Crippen molar-refractivity contribution in [1.29, 1.82) is 0 Å². The van der Waals surface area contributed by atoms with Crippen molar-refractivity contribution in [3.8, 4) is 0 Å². The summed E-state index contributed by atoms with van der Waals surface area (Å²) in [5.74, 6) is -0.0112. The van der Waals surface area contributed by atoms with Crippen LogP contribution in [0.1, 0.15) is 22.3 Å². The van der Waals surface area contributed by atoms with E-state index in [4.69, 9.17) is 0 Å². The molecule has 1 atom stereocenters. The van der Waals surface area contributed by atoms with E-state index < -0.39 is 6.04 Å². The molecule has 0 aromatic heterocycles. The van der Waals surface area contributed by atoms with Gasteiger partial charge in [0.2, 0.25) is 5.91 Å². The molecule has 0 aliphatic rings. The summed E-state index contributed by atoms with van der Waals surface area (Å²) >= 11 is 0. The van der Waals surface area contributed by atoms with Crippen molar-refractivity contribution in [1.82, 2.24) is 10.2 Å². The molecule has 0 radical (unpaired) electrons. The lowest BCUT2D eigenvalue weighted by Crippen LogP contribution is -2.45. The zero-order chi connectivity index (χ0) is 23.4. The van der Waals surface area contributed by atoms with E-state index >= 15 is 0 Å². The molecule has 0 heterocycles. The SMILES string of the molecule is O=C(NCc1ccccc1)C(C=Cc1ccccc1)N(Cc1ccccc1)Cc1ccccc1. The Morgan fingerprint density at radius 1 is 0.647 bits per heavy atom. The number of nitrogens with zero attached hydrogens (tertiary/aromatic N) is 1. The van der Waals surface area contributed by atoms with Crippen molar-refractivity contribution >= 4 is 12.0 Å². The molecule has 170 valence electrons. The number of hydrogen-bond donors (Lipinski definition) is 1. The quantitative estimate of drug-likeness (QED) is 0.320. The van der Waals surface area contributed by atoms with Crippen LogP contribution in [-0.4, -0.2) is 16.8 Å². The summed E-state index contributed by atoms with van der Waals surface area (Å²) in [6.45, 7) is 1.83. The van der Waals surface area contributed by atoms with Gasteiger partial charge in [0.15, 0.2) is 0 Å². The minimum atomic E-state index is -0.427. The van der Waals surface area contributed by atoms with Crippen LogP contribution in [0.4, 0.5) is 0 Å². The molecule has 1 N–H and O–H groups in total. The van der Waals surface area contributed by atoms with E-state index in [1.54, 1.807) is 0 Å². The minimum absolute atomic E-state index is 0.0112. The zero-order valence-electron chi connectivity index (χ0n) is 19.3. The molecule has 0 aliphatic heterocycles. The van der Waals surface area contributed by atoms with Crippen LogP contribution >= 0.6 is 0 Å². The predicted molar refractivity (Wildman–Crippen MR) is 140 cm³/mol. The fourth-order valence-electron chi connectivity index (χ4n) is 3.92. The van der Waals surface area contributed by atoms with Gasteiger partial charge in [-0.05, 0) is 22.3 Å². The van der Waals surface area contributed by atoms with Gasteiger partial charge < -0.3 is 5.32 Å². The van der Waals surface area contributed by atoms with E-state index in [1.807, 2.05) is 109 Å². The molecule has 0 fully saturated rings. The highest BCUT2D eigenvalue weighted by atomic mass is 16.2. The van der Waals surface area contributed by atoms with Crippen molar-refractivity contribution in [2.45, 2.75) is 25.7 Å². The van der Waals surface area contributed by atoms with Gasteiger partial charge >= 0.3 is 0 Å². The molecule has 1 unspecified atom stereocenters. The Balaban J connectivity index is 1.62. The number of benzene rings is 4. The standard InChI is InChI=1S/C31H30N2O/c34-31(32-23-27-15-7-2-8-16-27)30(22-21-26-13-5-1-6-14-26)33(24-28-17-9-3-10-18-28)25-29-19-11-4-12-20-29/h1-22,30H,23-25H2,(H,32,34). The lowest BCUT2D eigenvalue weighted by molar-refractivity contribution is -0.125. The fraction of sp³-hybridized carbons (Fsp3) is 0.129. The van der Waals surface area contributed by atoms with Gasteiger partial charge in [-0.2, -0.15) is 0 Å². The largest absolute Gasteiger partial charge is 0.350 e. The number of rotatable bonds is 10. The second kappa shape index (κ2) is 12.3. The van der Waals surface area contributed by atoms with Crippen LogP contribution in [0.5, 0.6) is 0 Å². The third-order valence-corrected chi connectivity index (χ3v) is 5.70. The van der Waals surface area contributed by atoms with Crippen LogP contribution in [0, 0.1) is 0 Å². The molecule has 4 rings (SSSR count). The minimum Gasteiger partial charge on any atom is -0.350 e. The van der Waals surface area contributed by atoms with Crippen molar-refractivity contribution in [2.75, 3.05) is 0 Å². The first-order chi connectivity index (χ1) is 16.8. The summed E-state index contributed by atoms with van der Waals surface area (Å²) in [5.41, 5.74) is 4.50. The maximum absolute atomic E-state index is 13.6. The monoisotopic (exact) mass is 446 g/mol. The number of amides is 1. The van der Waals surface area contributed by atoms with E-state index in [0.717, 1.165) is 11.1 Å². The van der Waals surface area contributed by atoms with Crippen LogP contribution in [-0.2, 0) is 24.4 Å². The van der Waals surface area contributed by atoms with Crippen LogP contribution in [0.2, 0.25) is 0 Å². The van der Waals surface area contributed by atoms with Crippen molar-refractivity contribution < 1.29 is 4.79 Å². The third kappa shape index (κ3) is 7.03. The topological polar surface area (TPSA) is 32.3 Å². The molecule has 0 spiro atoms. The molecule has 0 aliphatic carbocycles. The number of carbonyl (C=O) groups excluding carboxylic acids is 1. The van der Waals surface area contributed by atoms with Crippen molar-refractivity contribution in [3.63, 3.8) is 0 Å².